The number of dihydropyridines is 1. The lowest BCUT2D eigenvalue weighted by Gasteiger charge is -2.32. The molecule has 3 fully saturated rings. The highest BCUT2D eigenvalue weighted by molar-refractivity contribution is 5.95. The molecule has 6 N–H and O–H groups in total. The van der Waals surface area contributed by atoms with Crippen LogP contribution in [-0.2, 0) is 13.1 Å². The van der Waals surface area contributed by atoms with Crippen molar-refractivity contribution in [1.82, 2.24) is 26.2 Å². The Bertz CT molecular complexity index is 883. The molecule has 7 nitrogen and oxygen atoms in total. The van der Waals surface area contributed by atoms with Crippen molar-refractivity contribution in [2.75, 3.05) is 39.3 Å². The van der Waals surface area contributed by atoms with Gasteiger partial charge in [0.15, 0.2) is 0 Å². The highest BCUT2D eigenvalue weighted by atomic mass is 15.3. The smallest absolute Gasteiger partial charge is 0.127 e. The number of nitrogens with zero attached hydrogens (tertiary/aromatic N) is 2. The van der Waals surface area contributed by atoms with Crippen molar-refractivity contribution in [2.24, 2.45) is 22.6 Å². The molecule has 0 aromatic heterocycles. The molecule has 35 heavy (non-hydrogen) atoms. The lowest BCUT2D eigenvalue weighted by atomic mass is 9.95. The number of nitrogens with one attached hydrogen (secondary N) is 4. The summed E-state index contributed by atoms with van der Waals surface area (Å²) in [7, 11) is 0. The second-order valence-electron chi connectivity index (χ2n) is 10.9. The lowest BCUT2D eigenvalue weighted by molar-refractivity contribution is 0.349. The van der Waals surface area contributed by atoms with E-state index < -0.39 is 0 Å². The van der Waals surface area contributed by atoms with E-state index in [0.29, 0.717) is 11.8 Å². The number of hydrogen-bond acceptors (Lipinski definition) is 7. The van der Waals surface area contributed by atoms with Gasteiger partial charge in [-0.3, -0.25) is 5.32 Å². The Balaban J connectivity index is 1.05. The third kappa shape index (κ3) is 5.91. The number of aliphatic imine (C=N–C) groups is 1. The zero-order chi connectivity index (χ0) is 24.1. The number of amidine groups is 1. The third-order valence-electron chi connectivity index (χ3n) is 8.45. The summed E-state index contributed by atoms with van der Waals surface area (Å²) in [5.41, 5.74) is 9.85. The third-order valence-corrected chi connectivity index (χ3v) is 8.45. The van der Waals surface area contributed by atoms with Gasteiger partial charge in [0, 0.05) is 62.8 Å². The van der Waals surface area contributed by atoms with Gasteiger partial charge in [0.1, 0.15) is 11.5 Å². The second-order valence-corrected chi connectivity index (χ2v) is 10.9. The SMILES string of the molecule is CC1C2C(N)=CC(N3CCNCC3)=NC12NCc1ccc(CNCCCNC2CCCCC2)cc1. The zero-order valence-electron chi connectivity index (χ0n) is 21.5. The fraction of sp³-hybridized carbons (Fsp3) is 0.679. The summed E-state index contributed by atoms with van der Waals surface area (Å²) in [5.74, 6) is 1.79. The van der Waals surface area contributed by atoms with Crippen LogP contribution in [0.2, 0.25) is 0 Å². The molecule has 3 atom stereocenters. The number of hydrogen-bond donors (Lipinski definition) is 5. The van der Waals surface area contributed by atoms with Crippen molar-refractivity contribution in [2.45, 2.75) is 70.2 Å². The standard InChI is InChI=1S/C28H45N7/c1-21-27-25(29)18-26(35-16-14-30-15-17-35)34-28(21,27)33-20-23-10-8-22(9-11-23)19-31-12-5-13-32-24-6-3-2-4-7-24/h8-11,18,21,24,27,30-33H,2-7,12-17,19-20,29H2,1H3. The Morgan fingerprint density at radius 3 is 2.49 bits per heavy atom. The molecule has 0 amide bonds. The van der Waals surface area contributed by atoms with Crippen LogP contribution in [0.4, 0.5) is 0 Å². The van der Waals surface area contributed by atoms with E-state index in [-0.39, 0.29) is 5.66 Å². The van der Waals surface area contributed by atoms with Crippen molar-refractivity contribution >= 4 is 5.84 Å². The second kappa shape index (κ2) is 11.4. The van der Waals surface area contributed by atoms with E-state index in [1.807, 2.05) is 0 Å². The van der Waals surface area contributed by atoms with Crippen LogP contribution in [-0.4, -0.2) is 61.7 Å². The van der Waals surface area contributed by atoms with E-state index in [2.05, 4.69) is 63.4 Å². The first-order valence-electron chi connectivity index (χ1n) is 14.0. The van der Waals surface area contributed by atoms with Gasteiger partial charge in [-0.15, -0.1) is 0 Å². The maximum Gasteiger partial charge on any atom is 0.127 e. The summed E-state index contributed by atoms with van der Waals surface area (Å²) in [6.45, 7) is 10.2. The predicted molar refractivity (Wildman–Crippen MR) is 144 cm³/mol. The average Bonchev–Trinajstić information content (AvgIpc) is 3.51. The number of rotatable bonds is 10. The molecule has 2 saturated carbocycles. The average molecular weight is 480 g/mol. The minimum Gasteiger partial charge on any atom is -0.402 e. The van der Waals surface area contributed by atoms with Gasteiger partial charge in [-0.25, -0.2) is 4.99 Å². The highest BCUT2D eigenvalue weighted by Crippen LogP contribution is 2.56. The van der Waals surface area contributed by atoms with Gasteiger partial charge >= 0.3 is 0 Å². The predicted octanol–water partition coefficient (Wildman–Crippen LogP) is 2.30. The fourth-order valence-corrected chi connectivity index (χ4v) is 6.16. The van der Waals surface area contributed by atoms with Crippen LogP contribution in [0.5, 0.6) is 0 Å². The first kappa shape index (κ1) is 24.8. The number of nitrogens with two attached hydrogens (primary N) is 1. The maximum absolute atomic E-state index is 6.48. The summed E-state index contributed by atoms with van der Waals surface area (Å²) in [6.07, 6.45) is 10.2. The van der Waals surface area contributed by atoms with Gasteiger partial charge < -0.3 is 26.6 Å². The van der Waals surface area contributed by atoms with Gasteiger partial charge in [-0.2, -0.15) is 0 Å². The summed E-state index contributed by atoms with van der Waals surface area (Å²) in [6, 6.07) is 9.76. The number of fused-ring (bicyclic) bond motifs is 1. The van der Waals surface area contributed by atoms with E-state index >= 15 is 0 Å². The van der Waals surface area contributed by atoms with Crippen LogP contribution < -0.4 is 27.0 Å². The normalized spacial score (nSPS) is 28.9. The molecule has 2 aliphatic carbocycles. The lowest BCUT2D eigenvalue weighted by Crippen LogP contribution is -2.48. The Hall–Kier alpha value is -1.93. The molecule has 0 radical (unpaired) electrons. The summed E-state index contributed by atoms with van der Waals surface area (Å²) < 4.78 is 0. The van der Waals surface area contributed by atoms with Crippen LogP contribution in [0.15, 0.2) is 41.0 Å². The summed E-state index contributed by atoms with van der Waals surface area (Å²) in [4.78, 5) is 7.57. The molecule has 4 aliphatic rings. The molecule has 2 aliphatic heterocycles. The van der Waals surface area contributed by atoms with Crippen molar-refractivity contribution < 1.29 is 0 Å². The topological polar surface area (TPSA) is 89.7 Å². The van der Waals surface area contributed by atoms with Crippen LogP contribution in [0.3, 0.4) is 0 Å². The van der Waals surface area contributed by atoms with E-state index in [0.717, 1.165) is 69.9 Å². The van der Waals surface area contributed by atoms with E-state index in [4.69, 9.17) is 10.7 Å². The van der Waals surface area contributed by atoms with E-state index in [1.54, 1.807) is 0 Å². The quantitative estimate of drug-likeness (QED) is 0.331. The molecule has 1 aromatic carbocycles. The zero-order valence-corrected chi connectivity index (χ0v) is 21.5. The summed E-state index contributed by atoms with van der Waals surface area (Å²) in [5, 5.41) is 14.5. The molecule has 0 bridgehead atoms. The molecule has 1 saturated heterocycles. The Kier molecular flexibility index (Phi) is 8.07. The van der Waals surface area contributed by atoms with Crippen molar-refractivity contribution in [3.63, 3.8) is 0 Å². The Morgan fingerprint density at radius 2 is 1.74 bits per heavy atom. The van der Waals surface area contributed by atoms with Gasteiger partial charge in [0.25, 0.3) is 0 Å². The van der Waals surface area contributed by atoms with Gasteiger partial charge in [-0.1, -0.05) is 50.5 Å². The van der Waals surface area contributed by atoms with Crippen molar-refractivity contribution in [3.05, 3.63) is 47.2 Å². The molecule has 192 valence electrons. The van der Waals surface area contributed by atoms with Crippen LogP contribution >= 0.6 is 0 Å². The Labute approximate surface area is 211 Å². The first-order chi connectivity index (χ1) is 17.2. The molecule has 5 rings (SSSR count). The largest absolute Gasteiger partial charge is 0.402 e. The molecule has 0 spiro atoms. The van der Waals surface area contributed by atoms with Crippen LogP contribution in [0.1, 0.15) is 56.6 Å². The maximum atomic E-state index is 6.48. The summed E-state index contributed by atoms with van der Waals surface area (Å²) >= 11 is 0. The number of benzene rings is 1. The molecule has 3 unspecified atom stereocenters. The Morgan fingerprint density at radius 1 is 1.03 bits per heavy atom. The van der Waals surface area contributed by atoms with E-state index in [9.17, 15) is 0 Å². The van der Waals surface area contributed by atoms with Gasteiger partial charge in [0.2, 0.25) is 0 Å². The minimum absolute atomic E-state index is 0.245. The monoisotopic (exact) mass is 479 g/mol. The van der Waals surface area contributed by atoms with Crippen molar-refractivity contribution in [1.29, 1.82) is 0 Å². The van der Waals surface area contributed by atoms with Crippen LogP contribution in [0, 0.1) is 11.8 Å². The molecule has 1 aromatic rings. The van der Waals surface area contributed by atoms with Crippen LogP contribution in [0.25, 0.3) is 0 Å². The molecular weight excluding hydrogens is 434 g/mol. The van der Waals surface area contributed by atoms with Gasteiger partial charge in [0.05, 0.1) is 0 Å². The molecule has 7 heteroatoms. The van der Waals surface area contributed by atoms with E-state index in [1.165, 1.54) is 49.7 Å². The fourth-order valence-electron chi connectivity index (χ4n) is 6.16. The van der Waals surface area contributed by atoms with Gasteiger partial charge in [-0.05, 0) is 49.6 Å². The first-order valence-corrected chi connectivity index (χ1v) is 14.0. The number of piperazine rings is 1. The van der Waals surface area contributed by atoms with Crippen molar-refractivity contribution in [3.8, 4) is 0 Å². The molecular formula is C28H45N7. The molecule has 2 heterocycles. The minimum atomic E-state index is -0.245. The highest BCUT2D eigenvalue weighted by Gasteiger charge is 2.65.